The SMILES string of the molecule is CC1(S(=O)(=O)NC(=O)[C@@]23C[C@@H]2C=CCCCCCNC(=O)N2C[C@H](O)C[C@H]2C(=O)N3)CC1. The monoisotopic (exact) mass is 468 g/mol. The van der Waals surface area contributed by atoms with Crippen LogP contribution >= 0.6 is 0 Å². The van der Waals surface area contributed by atoms with Crippen LogP contribution in [0.1, 0.15) is 58.3 Å². The van der Waals surface area contributed by atoms with Crippen LogP contribution in [0.25, 0.3) is 0 Å². The van der Waals surface area contributed by atoms with Crippen LogP contribution in [0.15, 0.2) is 12.2 Å². The summed E-state index contributed by atoms with van der Waals surface area (Å²) in [5.74, 6) is -1.63. The molecule has 2 saturated carbocycles. The number of hydrogen-bond donors (Lipinski definition) is 4. The fraction of sp³-hybridized carbons (Fsp3) is 0.762. The number of nitrogens with one attached hydrogen (secondary N) is 3. The van der Waals surface area contributed by atoms with E-state index >= 15 is 0 Å². The first-order valence-electron chi connectivity index (χ1n) is 11.4. The predicted octanol–water partition coefficient (Wildman–Crippen LogP) is 0.135. The first-order chi connectivity index (χ1) is 15.1. The van der Waals surface area contributed by atoms with Gasteiger partial charge < -0.3 is 20.6 Å². The number of hydrogen-bond acceptors (Lipinski definition) is 6. The van der Waals surface area contributed by atoms with Gasteiger partial charge in [-0.25, -0.2) is 13.2 Å². The van der Waals surface area contributed by atoms with E-state index in [4.69, 9.17) is 0 Å². The molecule has 0 aromatic rings. The van der Waals surface area contributed by atoms with Gasteiger partial charge in [0, 0.05) is 25.4 Å². The van der Waals surface area contributed by atoms with Crippen molar-refractivity contribution in [2.24, 2.45) is 5.92 Å². The fourth-order valence-electron chi connectivity index (χ4n) is 4.47. The molecule has 178 valence electrons. The van der Waals surface area contributed by atoms with Crippen molar-refractivity contribution in [1.82, 2.24) is 20.3 Å². The van der Waals surface area contributed by atoms with Crippen molar-refractivity contribution in [3.05, 3.63) is 12.2 Å². The highest BCUT2D eigenvalue weighted by atomic mass is 32.2. The Labute approximate surface area is 188 Å². The van der Waals surface area contributed by atoms with E-state index in [1.807, 2.05) is 12.2 Å². The minimum absolute atomic E-state index is 0.0270. The van der Waals surface area contributed by atoms with Gasteiger partial charge in [0.2, 0.25) is 15.9 Å². The van der Waals surface area contributed by atoms with Gasteiger partial charge in [0.1, 0.15) is 11.6 Å². The van der Waals surface area contributed by atoms with Crippen LogP contribution in [-0.2, 0) is 19.6 Å². The smallest absolute Gasteiger partial charge is 0.318 e. The molecule has 10 nitrogen and oxygen atoms in total. The fourth-order valence-corrected chi connectivity index (χ4v) is 5.79. The maximum atomic E-state index is 13.1. The van der Waals surface area contributed by atoms with Crippen molar-refractivity contribution < 1.29 is 27.9 Å². The highest BCUT2D eigenvalue weighted by Gasteiger charge is 2.63. The number of rotatable bonds is 3. The maximum absolute atomic E-state index is 13.1. The standard InChI is InChI=1S/C21H32N4O6S/c1-20(8-9-20)32(30,31)24-18(28)21-12-14(21)7-5-3-2-4-6-10-22-19(29)25-13-15(26)11-16(25)17(27)23-21/h5,7,14-16,26H,2-4,6,8-13H2,1H3,(H,22,29)(H,23,27)(H,24,28)/t14-,15+,16-,21+/m0/s1. The quantitative estimate of drug-likeness (QED) is 0.434. The van der Waals surface area contributed by atoms with Crippen LogP contribution in [0.4, 0.5) is 4.79 Å². The van der Waals surface area contributed by atoms with E-state index in [-0.39, 0.29) is 25.3 Å². The number of urea groups is 1. The van der Waals surface area contributed by atoms with Crippen LogP contribution in [-0.4, -0.2) is 71.8 Å². The topological polar surface area (TPSA) is 145 Å². The first-order valence-corrected chi connectivity index (χ1v) is 12.8. The van der Waals surface area contributed by atoms with E-state index in [9.17, 15) is 27.9 Å². The van der Waals surface area contributed by atoms with E-state index in [2.05, 4.69) is 15.4 Å². The predicted molar refractivity (Wildman–Crippen MR) is 116 cm³/mol. The highest BCUT2D eigenvalue weighted by molar-refractivity contribution is 7.91. The van der Waals surface area contributed by atoms with E-state index in [0.29, 0.717) is 19.4 Å². The molecule has 4 rings (SSSR count). The lowest BCUT2D eigenvalue weighted by molar-refractivity contribution is -0.131. The molecule has 4 atom stereocenters. The summed E-state index contributed by atoms with van der Waals surface area (Å²) < 4.78 is 26.5. The summed E-state index contributed by atoms with van der Waals surface area (Å²) >= 11 is 0. The Hall–Kier alpha value is -2.14. The number of allylic oxidation sites excluding steroid dienone is 1. The maximum Gasteiger partial charge on any atom is 0.318 e. The molecule has 4 aliphatic rings. The van der Waals surface area contributed by atoms with E-state index in [1.165, 1.54) is 4.90 Å². The molecule has 2 aliphatic heterocycles. The average Bonchev–Trinajstić information content (AvgIpc) is 3.60. The Kier molecular flexibility index (Phi) is 6.00. The van der Waals surface area contributed by atoms with Crippen LogP contribution in [0.3, 0.4) is 0 Å². The molecule has 2 heterocycles. The van der Waals surface area contributed by atoms with Gasteiger partial charge >= 0.3 is 6.03 Å². The largest absolute Gasteiger partial charge is 0.391 e. The molecule has 0 unspecified atom stereocenters. The van der Waals surface area contributed by atoms with Crippen molar-refractivity contribution in [2.75, 3.05) is 13.1 Å². The molecular formula is C21H32N4O6S. The molecule has 0 aromatic carbocycles. The van der Waals surface area contributed by atoms with Gasteiger partial charge in [-0.15, -0.1) is 0 Å². The minimum atomic E-state index is -3.85. The first kappa shape index (κ1) is 23.0. The van der Waals surface area contributed by atoms with E-state index in [1.54, 1.807) is 6.92 Å². The van der Waals surface area contributed by atoms with Gasteiger partial charge in [-0.3, -0.25) is 14.3 Å². The van der Waals surface area contributed by atoms with Gasteiger partial charge in [-0.1, -0.05) is 18.6 Å². The van der Waals surface area contributed by atoms with Gasteiger partial charge in [0.25, 0.3) is 5.91 Å². The number of sulfonamides is 1. The van der Waals surface area contributed by atoms with Crippen LogP contribution < -0.4 is 15.4 Å². The lowest BCUT2D eigenvalue weighted by Gasteiger charge is -2.27. The van der Waals surface area contributed by atoms with Crippen LogP contribution in [0.5, 0.6) is 0 Å². The second-order valence-corrected chi connectivity index (χ2v) is 11.9. The molecule has 32 heavy (non-hydrogen) atoms. The second kappa shape index (κ2) is 8.33. The number of amides is 4. The lowest BCUT2D eigenvalue weighted by atomic mass is 10.1. The lowest BCUT2D eigenvalue weighted by Crippen LogP contribution is -2.57. The number of aliphatic hydroxyl groups excluding tert-OH is 1. The van der Waals surface area contributed by atoms with Crippen LogP contribution in [0.2, 0.25) is 0 Å². The third-order valence-corrected chi connectivity index (χ3v) is 9.29. The summed E-state index contributed by atoms with van der Waals surface area (Å²) in [5, 5.41) is 15.6. The number of carbonyl (C=O) groups excluding carboxylic acids is 3. The molecule has 0 bridgehead atoms. The Morgan fingerprint density at radius 1 is 1.25 bits per heavy atom. The summed E-state index contributed by atoms with van der Waals surface area (Å²) in [6, 6.07) is -1.35. The highest BCUT2D eigenvalue weighted by Crippen LogP contribution is 2.47. The number of carbonyl (C=O) groups is 3. The van der Waals surface area contributed by atoms with Gasteiger partial charge in [0.05, 0.1) is 10.9 Å². The summed E-state index contributed by atoms with van der Waals surface area (Å²) in [4.78, 5) is 40.2. The zero-order valence-corrected chi connectivity index (χ0v) is 19.1. The molecule has 0 radical (unpaired) electrons. The molecule has 3 fully saturated rings. The molecular weight excluding hydrogens is 436 g/mol. The second-order valence-electron chi connectivity index (χ2n) is 9.72. The molecule has 0 spiro atoms. The zero-order chi connectivity index (χ0) is 23.1. The minimum Gasteiger partial charge on any atom is -0.391 e. The summed E-state index contributed by atoms with van der Waals surface area (Å²) in [7, 11) is -3.85. The van der Waals surface area contributed by atoms with Gasteiger partial charge in [0.15, 0.2) is 0 Å². The molecule has 2 aliphatic carbocycles. The average molecular weight is 469 g/mol. The van der Waals surface area contributed by atoms with Gasteiger partial charge in [-0.2, -0.15) is 0 Å². The third-order valence-electron chi connectivity index (χ3n) is 7.13. The molecule has 0 aromatic heterocycles. The summed E-state index contributed by atoms with van der Waals surface area (Å²) in [6.07, 6.45) is 7.76. The number of aliphatic hydroxyl groups is 1. The Balaban J connectivity index is 1.57. The zero-order valence-electron chi connectivity index (χ0n) is 18.3. The normalized spacial score (nSPS) is 34.8. The molecule has 1 saturated heterocycles. The Morgan fingerprint density at radius 2 is 2.00 bits per heavy atom. The number of nitrogens with zero attached hydrogens (tertiary/aromatic N) is 1. The van der Waals surface area contributed by atoms with Crippen molar-refractivity contribution in [3.63, 3.8) is 0 Å². The van der Waals surface area contributed by atoms with Crippen molar-refractivity contribution in [1.29, 1.82) is 0 Å². The third kappa shape index (κ3) is 4.36. The number of fused-ring (bicyclic) bond motifs is 2. The van der Waals surface area contributed by atoms with Crippen molar-refractivity contribution >= 4 is 27.9 Å². The Bertz CT molecular complexity index is 931. The molecule has 4 amide bonds. The Morgan fingerprint density at radius 3 is 2.72 bits per heavy atom. The van der Waals surface area contributed by atoms with Crippen molar-refractivity contribution in [3.8, 4) is 0 Å². The van der Waals surface area contributed by atoms with E-state index in [0.717, 1.165) is 25.7 Å². The summed E-state index contributed by atoms with van der Waals surface area (Å²) in [5.41, 5.74) is -1.37. The molecule has 11 heteroatoms. The van der Waals surface area contributed by atoms with E-state index < -0.39 is 50.3 Å². The molecule has 4 N–H and O–H groups in total. The summed E-state index contributed by atoms with van der Waals surface area (Å²) in [6.45, 7) is 2.10. The van der Waals surface area contributed by atoms with Gasteiger partial charge in [-0.05, 0) is 45.4 Å². The van der Waals surface area contributed by atoms with Crippen molar-refractivity contribution in [2.45, 2.75) is 80.7 Å². The van der Waals surface area contributed by atoms with Crippen LogP contribution in [0, 0.1) is 5.92 Å².